The topological polar surface area (TPSA) is 75.4 Å². The summed E-state index contributed by atoms with van der Waals surface area (Å²) in [6, 6.07) is 0. The molecule has 1 aliphatic heterocycles. The van der Waals surface area contributed by atoms with Gasteiger partial charge < -0.3 is 4.90 Å². The zero-order chi connectivity index (χ0) is 10.8. The van der Waals surface area contributed by atoms with Gasteiger partial charge in [-0.15, -0.1) is 0 Å². The normalized spacial score (nSPS) is 20.4. The Morgan fingerprint density at radius 3 is 2.64 bits per heavy atom. The molecule has 0 atom stereocenters. The Morgan fingerprint density at radius 2 is 2.14 bits per heavy atom. The van der Waals surface area contributed by atoms with Gasteiger partial charge in [-0.25, -0.2) is 5.84 Å². The smallest absolute Gasteiger partial charge is 0.323 e. The van der Waals surface area contributed by atoms with Crippen molar-refractivity contribution in [2.24, 2.45) is 5.84 Å². The summed E-state index contributed by atoms with van der Waals surface area (Å²) in [7, 11) is 0. The molecule has 1 saturated heterocycles. The zero-order valence-electron chi connectivity index (χ0n) is 8.37. The van der Waals surface area contributed by atoms with Gasteiger partial charge in [-0.05, 0) is 13.8 Å². The molecule has 0 aromatic rings. The monoisotopic (exact) mass is 217 g/mol. The van der Waals surface area contributed by atoms with Crippen molar-refractivity contribution in [3.05, 3.63) is 0 Å². The molecule has 1 aliphatic rings. The molecule has 0 aromatic heterocycles. The molecule has 1 fully saturated rings. The first-order valence-corrected chi connectivity index (χ1v) is 5.38. The van der Waals surface area contributed by atoms with Gasteiger partial charge in [-0.1, -0.05) is 0 Å². The number of nitrogens with one attached hydrogen (secondary N) is 1. The number of amides is 2. The summed E-state index contributed by atoms with van der Waals surface area (Å²) < 4.78 is 0.0167. The maximum absolute atomic E-state index is 11.4. The molecule has 3 N–H and O–H groups in total. The van der Waals surface area contributed by atoms with Crippen LogP contribution >= 0.6 is 11.8 Å². The average Bonchev–Trinajstić information content (AvgIpc) is 2.14. The van der Waals surface area contributed by atoms with Gasteiger partial charge in [0, 0.05) is 23.6 Å². The van der Waals surface area contributed by atoms with E-state index in [0.29, 0.717) is 13.1 Å². The highest BCUT2D eigenvalue weighted by molar-refractivity contribution is 8.00. The van der Waals surface area contributed by atoms with E-state index in [-0.39, 0.29) is 4.75 Å². The fourth-order valence-corrected chi connectivity index (χ4v) is 2.51. The number of hydrazine groups is 1. The van der Waals surface area contributed by atoms with Gasteiger partial charge in [0.05, 0.1) is 0 Å². The largest absolute Gasteiger partial charge is 0.332 e. The number of rotatable bonds is 0. The number of carbonyl (C=O) groups is 2. The lowest BCUT2D eigenvalue weighted by atomic mass is 10.2. The summed E-state index contributed by atoms with van der Waals surface area (Å²) in [4.78, 5) is 24.0. The Labute approximate surface area is 87.4 Å². The number of nitrogens with two attached hydrogens (primary N) is 1. The summed E-state index contributed by atoms with van der Waals surface area (Å²) in [5.74, 6) is 4.47. The van der Waals surface area contributed by atoms with Gasteiger partial charge in [0.1, 0.15) is 0 Å². The summed E-state index contributed by atoms with van der Waals surface area (Å²) in [5.41, 5.74) is 1.85. The molecule has 1 rings (SSSR count). The minimum absolute atomic E-state index is 0.0167. The van der Waals surface area contributed by atoms with E-state index in [1.165, 1.54) is 0 Å². The highest BCUT2D eigenvalue weighted by atomic mass is 32.2. The third kappa shape index (κ3) is 2.62. The molecule has 0 unspecified atom stereocenters. The van der Waals surface area contributed by atoms with Gasteiger partial charge in [-0.2, -0.15) is 11.8 Å². The van der Waals surface area contributed by atoms with Crippen LogP contribution in [0.4, 0.5) is 0 Å². The van der Waals surface area contributed by atoms with E-state index in [1.807, 2.05) is 5.43 Å². The Bertz CT molecular complexity index is 255. The van der Waals surface area contributed by atoms with E-state index in [0.717, 1.165) is 5.75 Å². The second-order valence-electron chi connectivity index (χ2n) is 3.81. The molecule has 6 heteroatoms. The van der Waals surface area contributed by atoms with Crippen LogP contribution in [0, 0.1) is 0 Å². The van der Waals surface area contributed by atoms with E-state index in [1.54, 1.807) is 16.7 Å². The van der Waals surface area contributed by atoms with Crippen molar-refractivity contribution < 1.29 is 9.59 Å². The van der Waals surface area contributed by atoms with Gasteiger partial charge in [0.15, 0.2) is 0 Å². The van der Waals surface area contributed by atoms with E-state index in [2.05, 4.69) is 13.8 Å². The average molecular weight is 217 g/mol. The van der Waals surface area contributed by atoms with Gasteiger partial charge in [0.25, 0.3) is 0 Å². The van der Waals surface area contributed by atoms with Crippen molar-refractivity contribution in [3.8, 4) is 0 Å². The molecular formula is C8H15N3O2S. The van der Waals surface area contributed by atoms with Crippen molar-refractivity contribution in [1.29, 1.82) is 0 Å². The van der Waals surface area contributed by atoms with Crippen LogP contribution in [0.15, 0.2) is 0 Å². The Balaban J connectivity index is 2.61. The molecule has 2 amide bonds. The van der Waals surface area contributed by atoms with Crippen LogP contribution in [0.2, 0.25) is 0 Å². The van der Waals surface area contributed by atoms with Crippen LogP contribution in [0.3, 0.4) is 0 Å². The third-order valence-electron chi connectivity index (χ3n) is 2.04. The van der Waals surface area contributed by atoms with Crippen LogP contribution in [0.1, 0.15) is 13.8 Å². The lowest BCUT2D eigenvalue weighted by Gasteiger charge is -2.36. The predicted octanol–water partition coefficient (Wildman–Crippen LogP) is -0.670. The number of hydrogen-bond acceptors (Lipinski definition) is 4. The molecule has 14 heavy (non-hydrogen) atoms. The number of hydrogen-bond donors (Lipinski definition) is 2. The van der Waals surface area contributed by atoms with Crippen molar-refractivity contribution >= 4 is 23.6 Å². The molecule has 5 nitrogen and oxygen atoms in total. The van der Waals surface area contributed by atoms with E-state index in [4.69, 9.17) is 5.84 Å². The van der Waals surface area contributed by atoms with E-state index in [9.17, 15) is 9.59 Å². The zero-order valence-corrected chi connectivity index (χ0v) is 9.19. The predicted molar refractivity (Wildman–Crippen MR) is 55.4 cm³/mol. The SMILES string of the molecule is CC1(C)CN(C(=O)C(=O)NN)CCS1. The Hall–Kier alpha value is -0.750. The quantitative estimate of drug-likeness (QED) is 0.244. The summed E-state index contributed by atoms with van der Waals surface area (Å²) in [5, 5.41) is 0. The van der Waals surface area contributed by atoms with Crippen molar-refractivity contribution in [1.82, 2.24) is 10.3 Å². The van der Waals surface area contributed by atoms with Gasteiger partial charge >= 0.3 is 11.8 Å². The number of carbonyl (C=O) groups excluding carboxylic acids is 2. The standard InChI is InChI=1S/C8H15N3O2S/c1-8(2)5-11(3-4-14-8)7(13)6(12)10-9/h3-5,9H2,1-2H3,(H,10,12). The summed E-state index contributed by atoms with van der Waals surface area (Å²) in [6.45, 7) is 5.30. The molecule has 1 heterocycles. The first-order valence-electron chi connectivity index (χ1n) is 4.40. The second-order valence-corrected chi connectivity index (χ2v) is 5.61. The van der Waals surface area contributed by atoms with Crippen LogP contribution in [-0.2, 0) is 9.59 Å². The molecular weight excluding hydrogens is 202 g/mol. The highest BCUT2D eigenvalue weighted by Gasteiger charge is 2.32. The van der Waals surface area contributed by atoms with Gasteiger partial charge in [0.2, 0.25) is 0 Å². The molecule has 80 valence electrons. The Morgan fingerprint density at radius 1 is 1.50 bits per heavy atom. The maximum Gasteiger partial charge on any atom is 0.323 e. The molecule has 0 bridgehead atoms. The minimum atomic E-state index is -0.743. The van der Waals surface area contributed by atoms with E-state index >= 15 is 0 Å². The third-order valence-corrected chi connectivity index (χ3v) is 3.34. The fourth-order valence-electron chi connectivity index (χ4n) is 1.40. The van der Waals surface area contributed by atoms with Crippen LogP contribution in [-0.4, -0.2) is 40.3 Å². The summed E-state index contributed by atoms with van der Waals surface area (Å²) >= 11 is 1.80. The van der Waals surface area contributed by atoms with Crippen LogP contribution < -0.4 is 11.3 Å². The molecule has 0 aliphatic carbocycles. The van der Waals surface area contributed by atoms with Crippen molar-refractivity contribution in [2.45, 2.75) is 18.6 Å². The lowest BCUT2D eigenvalue weighted by Crippen LogP contribution is -2.52. The van der Waals surface area contributed by atoms with Crippen molar-refractivity contribution in [3.63, 3.8) is 0 Å². The molecule has 0 spiro atoms. The molecule has 0 saturated carbocycles. The maximum atomic E-state index is 11.4. The number of nitrogens with zero attached hydrogens (tertiary/aromatic N) is 1. The van der Waals surface area contributed by atoms with Crippen LogP contribution in [0.25, 0.3) is 0 Å². The molecule has 0 radical (unpaired) electrons. The summed E-state index contributed by atoms with van der Waals surface area (Å²) in [6.07, 6.45) is 0. The lowest BCUT2D eigenvalue weighted by molar-refractivity contribution is -0.146. The highest BCUT2D eigenvalue weighted by Crippen LogP contribution is 2.29. The van der Waals surface area contributed by atoms with Crippen molar-refractivity contribution in [2.75, 3.05) is 18.8 Å². The molecule has 0 aromatic carbocycles. The number of thioether (sulfide) groups is 1. The van der Waals surface area contributed by atoms with Crippen LogP contribution in [0.5, 0.6) is 0 Å². The second kappa shape index (κ2) is 4.18. The van der Waals surface area contributed by atoms with Gasteiger partial charge in [-0.3, -0.25) is 15.0 Å². The minimum Gasteiger partial charge on any atom is -0.332 e. The first kappa shape index (κ1) is 11.3. The fraction of sp³-hybridized carbons (Fsp3) is 0.750. The Kier molecular flexibility index (Phi) is 3.38. The first-order chi connectivity index (χ1) is 6.46. The van der Waals surface area contributed by atoms with E-state index < -0.39 is 11.8 Å².